The first-order chi connectivity index (χ1) is 8.36. The van der Waals surface area contributed by atoms with Gasteiger partial charge in [0.15, 0.2) is 0 Å². The highest BCUT2D eigenvalue weighted by Gasteiger charge is 2.20. The molecule has 1 unspecified atom stereocenters. The van der Waals surface area contributed by atoms with E-state index >= 15 is 0 Å². The number of likely N-dealkylation sites (tertiary alicyclic amines) is 1. The zero-order valence-electron chi connectivity index (χ0n) is 10.7. The number of hydrogen-bond acceptors (Lipinski definition) is 4. The molecule has 0 bridgehead atoms. The van der Waals surface area contributed by atoms with Crippen LogP contribution in [0.25, 0.3) is 0 Å². The van der Waals surface area contributed by atoms with Gasteiger partial charge >= 0.3 is 0 Å². The summed E-state index contributed by atoms with van der Waals surface area (Å²) in [6, 6.07) is 5.30. The van der Waals surface area contributed by atoms with E-state index < -0.39 is 10.0 Å². The minimum absolute atomic E-state index is 0.155. The van der Waals surface area contributed by atoms with Crippen LogP contribution in [-0.2, 0) is 10.0 Å². The van der Waals surface area contributed by atoms with E-state index in [1.165, 1.54) is 6.07 Å². The Labute approximate surface area is 108 Å². The lowest BCUT2D eigenvalue weighted by atomic mass is 10.1. The molecule has 1 fully saturated rings. The van der Waals surface area contributed by atoms with Crippen LogP contribution in [0.3, 0.4) is 0 Å². The van der Waals surface area contributed by atoms with Crippen molar-refractivity contribution in [3.05, 3.63) is 23.8 Å². The van der Waals surface area contributed by atoms with E-state index in [1.807, 2.05) is 6.92 Å². The van der Waals surface area contributed by atoms with Gasteiger partial charge in [-0.05, 0) is 44.6 Å². The van der Waals surface area contributed by atoms with Gasteiger partial charge in [-0.25, -0.2) is 13.6 Å². The van der Waals surface area contributed by atoms with Gasteiger partial charge in [-0.2, -0.15) is 0 Å². The zero-order valence-corrected chi connectivity index (χ0v) is 11.5. The second kappa shape index (κ2) is 4.87. The van der Waals surface area contributed by atoms with Crippen molar-refractivity contribution in [2.24, 2.45) is 5.14 Å². The summed E-state index contributed by atoms with van der Waals surface area (Å²) in [5.41, 5.74) is 1.87. The summed E-state index contributed by atoms with van der Waals surface area (Å²) in [4.78, 5) is 2.40. The van der Waals surface area contributed by atoms with Gasteiger partial charge in [0.25, 0.3) is 0 Å². The lowest BCUT2D eigenvalue weighted by Crippen LogP contribution is -2.24. The summed E-state index contributed by atoms with van der Waals surface area (Å²) < 4.78 is 22.7. The van der Waals surface area contributed by atoms with Crippen LogP contribution in [0.5, 0.6) is 0 Å². The van der Waals surface area contributed by atoms with Crippen molar-refractivity contribution in [3.63, 3.8) is 0 Å². The fourth-order valence-electron chi connectivity index (χ4n) is 2.21. The monoisotopic (exact) mass is 269 g/mol. The molecule has 0 aromatic heterocycles. The van der Waals surface area contributed by atoms with Crippen molar-refractivity contribution >= 4 is 15.7 Å². The maximum Gasteiger partial charge on any atom is 0.238 e. The number of rotatable bonds is 3. The Kier molecular flexibility index (Phi) is 3.61. The van der Waals surface area contributed by atoms with Crippen molar-refractivity contribution in [3.8, 4) is 0 Å². The van der Waals surface area contributed by atoms with Crippen molar-refractivity contribution in [2.45, 2.75) is 24.3 Å². The third-order valence-electron chi connectivity index (χ3n) is 3.29. The van der Waals surface area contributed by atoms with Crippen LogP contribution >= 0.6 is 0 Å². The summed E-state index contributed by atoms with van der Waals surface area (Å²) in [5, 5.41) is 8.53. The number of likely N-dealkylation sites (N-methyl/N-ethyl adjacent to an activating group) is 1. The number of primary sulfonamides is 1. The molecule has 0 spiro atoms. The van der Waals surface area contributed by atoms with Crippen LogP contribution in [-0.4, -0.2) is 39.5 Å². The predicted octanol–water partition coefficient (Wildman–Crippen LogP) is 0.758. The Balaban J connectivity index is 2.22. The van der Waals surface area contributed by atoms with E-state index in [1.54, 1.807) is 12.1 Å². The Morgan fingerprint density at radius 2 is 2.17 bits per heavy atom. The average molecular weight is 269 g/mol. The summed E-state index contributed by atoms with van der Waals surface area (Å²) in [6.07, 6.45) is 1.07. The summed E-state index contributed by atoms with van der Waals surface area (Å²) in [5.74, 6) is 0. The smallest absolute Gasteiger partial charge is 0.238 e. The molecule has 18 heavy (non-hydrogen) atoms. The molecule has 5 nitrogen and oxygen atoms in total. The largest absolute Gasteiger partial charge is 0.381 e. The summed E-state index contributed by atoms with van der Waals surface area (Å²) in [6.45, 7) is 3.98. The molecule has 0 aliphatic carbocycles. The van der Waals surface area contributed by atoms with Gasteiger partial charge < -0.3 is 10.2 Å². The summed E-state index contributed by atoms with van der Waals surface area (Å²) in [7, 11) is -1.56. The van der Waals surface area contributed by atoms with Gasteiger partial charge in [0, 0.05) is 18.3 Å². The van der Waals surface area contributed by atoms with E-state index in [0.29, 0.717) is 6.04 Å². The first-order valence-electron chi connectivity index (χ1n) is 5.95. The van der Waals surface area contributed by atoms with Crippen LogP contribution in [0.4, 0.5) is 5.69 Å². The van der Waals surface area contributed by atoms with Crippen LogP contribution < -0.4 is 10.5 Å². The lowest BCUT2D eigenvalue weighted by molar-refractivity contribution is 0.414. The number of nitrogens with zero attached hydrogens (tertiary/aromatic N) is 1. The molecule has 1 aromatic rings. The molecule has 1 aliphatic rings. The molecule has 1 atom stereocenters. The molecule has 1 aliphatic heterocycles. The highest BCUT2D eigenvalue weighted by molar-refractivity contribution is 7.89. The van der Waals surface area contributed by atoms with Crippen molar-refractivity contribution in [2.75, 3.05) is 25.5 Å². The van der Waals surface area contributed by atoms with Crippen LogP contribution in [0, 0.1) is 6.92 Å². The third-order valence-corrected chi connectivity index (χ3v) is 4.20. The minimum Gasteiger partial charge on any atom is -0.381 e. The Hall–Kier alpha value is -1.11. The number of anilines is 1. The fraction of sp³-hybridized carbons (Fsp3) is 0.500. The molecule has 1 saturated heterocycles. The molecule has 1 heterocycles. The van der Waals surface area contributed by atoms with Crippen LogP contribution in [0.2, 0.25) is 0 Å². The third kappa shape index (κ3) is 3.01. The quantitative estimate of drug-likeness (QED) is 0.849. The van der Waals surface area contributed by atoms with Crippen LogP contribution in [0.15, 0.2) is 23.1 Å². The maximum atomic E-state index is 11.3. The number of hydrogen-bond donors (Lipinski definition) is 2. The lowest BCUT2D eigenvalue weighted by Gasteiger charge is -2.17. The second-order valence-electron chi connectivity index (χ2n) is 4.91. The van der Waals surface area contributed by atoms with Crippen molar-refractivity contribution < 1.29 is 8.42 Å². The molecule has 2 rings (SSSR count). The molecule has 100 valence electrons. The van der Waals surface area contributed by atoms with Crippen molar-refractivity contribution in [1.29, 1.82) is 0 Å². The number of sulfonamides is 1. The zero-order chi connectivity index (χ0) is 13.3. The fourth-order valence-corrected chi connectivity index (χ4v) is 2.75. The van der Waals surface area contributed by atoms with Gasteiger partial charge in [-0.1, -0.05) is 6.07 Å². The molecular weight excluding hydrogens is 250 g/mol. The van der Waals surface area contributed by atoms with Gasteiger partial charge in [0.05, 0.1) is 4.90 Å². The molecule has 0 radical (unpaired) electrons. The Bertz CT molecular complexity index is 542. The predicted molar refractivity (Wildman–Crippen MR) is 72.1 cm³/mol. The van der Waals surface area contributed by atoms with E-state index in [2.05, 4.69) is 17.3 Å². The topological polar surface area (TPSA) is 75.4 Å². The average Bonchev–Trinajstić information content (AvgIpc) is 2.66. The van der Waals surface area contributed by atoms with E-state index in [-0.39, 0.29) is 4.90 Å². The van der Waals surface area contributed by atoms with Gasteiger partial charge in [0.2, 0.25) is 10.0 Å². The second-order valence-corrected chi connectivity index (χ2v) is 6.48. The molecule has 1 aromatic carbocycles. The first-order valence-corrected chi connectivity index (χ1v) is 7.49. The molecule has 3 N–H and O–H groups in total. The van der Waals surface area contributed by atoms with Gasteiger partial charge in [0.1, 0.15) is 0 Å². The molecule has 0 saturated carbocycles. The first kappa shape index (κ1) is 13.3. The maximum absolute atomic E-state index is 11.3. The highest BCUT2D eigenvalue weighted by Crippen LogP contribution is 2.22. The standard InChI is InChI=1S/C12H19N3O2S/c1-9-3-4-11(18(13,16)17)7-12(9)14-10-5-6-15(2)8-10/h3-4,7,10,14H,5-6,8H2,1-2H3,(H2,13,16,17). The Morgan fingerprint density at radius 3 is 2.72 bits per heavy atom. The molecule has 0 amide bonds. The minimum atomic E-state index is -3.64. The molecular formula is C12H19N3O2S. The van der Waals surface area contributed by atoms with Gasteiger partial charge in [-0.3, -0.25) is 0 Å². The van der Waals surface area contributed by atoms with E-state index in [9.17, 15) is 8.42 Å². The van der Waals surface area contributed by atoms with E-state index in [0.717, 1.165) is 30.8 Å². The van der Waals surface area contributed by atoms with Gasteiger partial charge in [-0.15, -0.1) is 0 Å². The van der Waals surface area contributed by atoms with Crippen molar-refractivity contribution in [1.82, 2.24) is 4.90 Å². The molecule has 6 heteroatoms. The number of nitrogens with two attached hydrogens (primary N) is 1. The highest BCUT2D eigenvalue weighted by atomic mass is 32.2. The number of benzene rings is 1. The van der Waals surface area contributed by atoms with E-state index in [4.69, 9.17) is 5.14 Å². The number of nitrogens with one attached hydrogen (secondary N) is 1. The SMILES string of the molecule is Cc1ccc(S(N)(=O)=O)cc1NC1CCN(C)C1. The number of aryl methyl sites for hydroxylation is 1. The summed E-state index contributed by atoms with van der Waals surface area (Å²) >= 11 is 0. The van der Waals surface area contributed by atoms with Crippen LogP contribution in [0.1, 0.15) is 12.0 Å². The Morgan fingerprint density at radius 1 is 1.44 bits per heavy atom. The normalized spacial score (nSPS) is 21.2.